The molecule has 0 aliphatic rings. The maximum Gasteiger partial charge on any atom is 0.178 e. The van der Waals surface area contributed by atoms with Crippen LogP contribution in [0.15, 0.2) is 30.5 Å². The fourth-order valence-corrected chi connectivity index (χ4v) is 2.36. The van der Waals surface area contributed by atoms with Gasteiger partial charge in [0.15, 0.2) is 16.8 Å². The molecule has 0 radical (unpaired) electrons. The Morgan fingerprint density at radius 2 is 2.05 bits per heavy atom. The van der Waals surface area contributed by atoms with Crippen LogP contribution in [-0.2, 0) is 0 Å². The first-order chi connectivity index (χ1) is 9.61. The molecule has 0 saturated heterocycles. The van der Waals surface area contributed by atoms with Crippen molar-refractivity contribution in [2.45, 2.75) is 6.92 Å². The SMILES string of the molecule is COc1cc(C)ccc1-c1nnc(Cl)c2c(F)ccn12. The maximum absolute atomic E-state index is 13.7. The molecule has 20 heavy (non-hydrogen) atoms. The lowest BCUT2D eigenvalue weighted by Gasteiger charge is -2.10. The summed E-state index contributed by atoms with van der Waals surface area (Å²) in [5.74, 6) is 0.694. The zero-order valence-electron chi connectivity index (χ0n) is 10.9. The molecule has 2 heterocycles. The number of aryl methyl sites for hydroxylation is 1. The first-order valence-electron chi connectivity index (χ1n) is 5.95. The average Bonchev–Trinajstić information content (AvgIpc) is 2.83. The monoisotopic (exact) mass is 291 g/mol. The Kier molecular flexibility index (Phi) is 3.06. The van der Waals surface area contributed by atoms with Gasteiger partial charge in [0.2, 0.25) is 0 Å². The Morgan fingerprint density at radius 1 is 1.25 bits per heavy atom. The predicted octanol–water partition coefficient (Wildman–Crippen LogP) is 3.51. The number of nitrogens with zero attached hydrogens (tertiary/aromatic N) is 3. The van der Waals surface area contributed by atoms with Gasteiger partial charge in [-0.2, -0.15) is 0 Å². The molecule has 0 aliphatic heterocycles. The molecular weight excluding hydrogens is 281 g/mol. The zero-order valence-corrected chi connectivity index (χ0v) is 11.6. The number of rotatable bonds is 2. The van der Waals surface area contributed by atoms with Gasteiger partial charge in [-0.15, -0.1) is 10.2 Å². The summed E-state index contributed by atoms with van der Waals surface area (Å²) in [5, 5.41) is 7.91. The molecule has 0 atom stereocenters. The van der Waals surface area contributed by atoms with Crippen LogP contribution in [0.1, 0.15) is 5.56 Å². The fourth-order valence-electron chi connectivity index (χ4n) is 2.14. The molecule has 0 saturated carbocycles. The second kappa shape index (κ2) is 4.76. The summed E-state index contributed by atoms with van der Waals surface area (Å²) in [5.41, 5.74) is 1.99. The number of aromatic nitrogens is 3. The molecule has 3 rings (SSSR count). The smallest absolute Gasteiger partial charge is 0.178 e. The topological polar surface area (TPSA) is 39.4 Å². The van der Waals surface area contributed by atoms with E-state index in [0.29, 0.717) is 11.6 Å². The molecule has 0 fully saturated rings. The molecule has 0 N–H and O–H groups in total. The van der Waals surface area contributed by atoms with Crippen molar-refractivity contribution in [3.63, 3.8) is 0 Å². The molecule has 0 amide bonds. The van der Waals surface area contributed by atoms with E-state index < -0.39 is 5.82 Å². The van der Waals surface area contributed by atoms with Crippen molar-refractivity contribution in [2.24, 2.45) is 0 Å². The molecule has 1 aromatic carbocycles. The zero-order chi connectivity index (χ0) is 14.3. The third kappa shape index (κ3) is 1.91. The van der Waals surface area contributed by atoms with Crippen LogP contribution in [0.4, 0.5) is 4.39 Å². The molecule has 102 valence electrons. The minimum absolute atomic E-state index is 0.0299. The van der Waals surface area contributed by atoms with E-state index in [9.17, 15) is 4.39 Å². The number of hydrogen-bond acceptors (Lipinski definition) is 3. The van der Waals surface area contributed by atoms with Gasteiger partial charge in [0.25, 0.3) is 0 Å². The summed E-state index contributed by atoms with van der Waals surface area (Å²) in [4.78, 5) is 0. The Bertz CT molecular complexity index is 800. The van der Waals surface area contributed by atoms with Gasteiger partial charge in [-0.3, -0.25) is 4.40 Å². The highest BCUT2D eigenvalue weighted by Gasteiger charge is 2.16. The van der Waals surface area contributed by atoms with Crippen molar-refractivity contribution in [1.82, 2.24) is 14.6 Å². The first kappa shape index (κ1) is 12.9. The van der Waals surface area contributed by atoms with Crippen LogP contribution in [0.2, 0.25) is 5.15 Å². The van der Waals surface area contributed by atoms with Crippen molar-refractivity contribution in [2.75, 3.05) is 7.11 Å². The van der Waals surface area contributed by atoms with E-state index in [1.165, 1.54) is 6.07 Å². The van der Waals surface area contributed by atoms with Crippen LogP contribution in [0, 0.1) is 12.7 Å². The lowest BCUT2D eigenvalue weighted by molar-refractivity contribution is 0.415. The van der Waals surface area contributed by atoms with Crippen LogP contribution in [0.25, 0.3) is 16.9 Å². The lowest BCUT2D eigenvalue weighted by Crippen LogP contribution is -2.01. The predicted molar refractivity (Wildman–Crippen MR) is 74.7 cm³/mol. The molecule has 4 nitrogen and oxygen atoms in total. The third-order valence-electron chi connectivity index (χ3n) is 3.09. The number of halogens is 2. The van der Waals surface area contributed by atoms with Crippen molar-refractivity contribution >= 4 is 17.1 Å². The van der Waals surface area contributed by atoms with Gasteiger partial charge in [0.05, 0.1) is 12.7 Å². The van der Waals surface area contributed by atoms with Gasteiger partial charge in [0.1, 0.15) is 11.3 Å². The van der Waals surface area contributed by atoms with Crippen LogP contribution < -0.4 is 4.74 Å². The summed E-state index contributed by atoms with van der Waals surface area (Å²) >= 11 is 5.90. The van der Waals surface area contributed by atoms with E-state index in [4.69, 9.17) is 16.3 Å². The molecule has 0 aliphatic carbocycles. The van der Waals surface area contributed by atoms with E-state index in [-0.39, 0.29) is 10.7 Å². The molecule has 2 aromatic heterocycles. The van der Waals surface area contributed by atoms with Crippen LogP contribution in [-0.4, -0.2) is 21.7 Å². The van der Waals surface area contributed by atoms with Crippen LogP contribution >= 0.6 is 11.6 Å². The number of ether oxygens (including phenoxy) is 1. The average molecular weight is 292 g/mol. The Hall–Kier alpha value is -2.14. The summed E-state index contributed by atoms with van der Waals surface area (Å²) in [6.07, 6.45) is 1.57. The Labute approximate surface area is 119 Å². The van der Waals surface area contributed by atoms with Gasteiger partial charge in [-0.1, -0.05) is 17.7 Å². The van der Waals surface area contributed by atoms with Crippen molar-refractivity contribution < 1.29 is 9.13 Å². The minimum Gasteiger partial charge on any atom is -0.496 e. The normalized spacial score (nSPS) is 11.0. The highest BCUT2D eigenvalue weighted by atomic mass is 35.5. The Morgan fingerprint density at radius 3 is 2.80 bits per heavy atom. The van der Waals surface area contributed by atoms with Crippen LogP contribution in [0.3, 0.4) is 0 Å². The van der Waals surface area contributed by atoms with Crippen molar-refractivity contribution in [3.8, 4) is 17.1 Å². The van der Waals surface area contributed by atoms with E-state index in [1.807, 2.05) is 25.1 Å². The van der Waals surface area contributed by atoms with Gasteiger partial charge < -0.3 is 4.74 Å². The number of methoxy groups -OCH3 is 1. The fraction of sp³-hybridized carbons (Fsp3) is 0.143. The Balaban J connectivity index is 2.33. The highest BCUT2D eigenvalue weighted by molar-refractivity contribution is 6.32. The van der Waals surface area contributed by atoms with Crippen molar-refractivity contribution in [1.29, 1.82) is 0 Å². The van der Waals surface area contributed by atoms with Crippen LogP contribution in [0.5, 0.6) is 5.75 Å². The standard InChI is InChI=1S/C14H11ClFN3O/c1-8-3-4-9(11(7-8)20-2)14-18-17-13(15)12-10(16)5-6-19(12)14/h3-7H,1-2H3. The van der Waals surface area contributed by atoms with E-state index in [0.717, 1.165) is 11.1 Å². The molecular formula is C14H11ClFN3O. The number of fused-ring (bicyclic) bond motifs is 1. The molecule has 6 heteroatoms. The second-order valence-corrected chi connectivity index (χ2v) is 4.76. The van der Waals surface area contributed by atoms with Gasteiger partial charge >= 0.3 is 0 Å². The van der Waals surface area contributed by atoms with Gasteiger partial charge in [0, 0.05) is 6.20 Å². The van der Waals surface area contributed by atoms with Gasteiger partial charge in [-0.25, -0.2) is 4.39 Å². The molecule has 0 bridgehead atoms. The summed E-state index contributed by atoms with van der Waals surface area (Å²) in [6, 6.07) is 7.01. The summed E-state index contributed by atoms with van der Waals surface area (Å²) in [6.45, 7) is 1.96. The van der Waals surface area contributed by atoms with Gasteiger partial charge in [-0.05, 0) is 30.7 Å². The molecule has 0 spiro atoms. The first-order valence-corrected chi connectivity index (χ1v) is 6.33. The molecule has 0 unspecified atom stereocenters. The summed E-state index contributed by atoms with van der Waals surface area (Å²) < 4.78 is 20.7. The minimum atomic E-state index is -0.433. The quantitative estimate of drug-likeness (QED) is 0.725. The second-order valence-electron chi connectivity index (χ2n) is 4.40. The van der Waals surface area contributed by atoms with E-state index in [2.05, 4.69) is 10.2 Å². The maximum atomic E-state index is 13.7. The molecule has 3 aromatic rings. The largest absolute Gasteiger partial charge is 0.496 e. The van der Waals surface area contributed by atoms with E-state index >= 15 is 0 Å². The van der Waals surface area contributed by atoms with E-state index in [1.54, 1.807) is 17.7 Å². The number of benzene rings is 1. The van der Waals surface area contributed by atoms with Crippen molar-refractivity contribution in [3.05, 3.63) is 47.0 Å². The lowest BCUT2D eigenvalue weighted by atomic mass is 10.1. The number of hydrogen-bond donors (Lipinski definition) is 0. The highest BCUT2D eigenvalue weighted by Crippen LogP contribution is 2.31. The third-order valence-corrected chi connectivity index (χ3v) is 3.35. The summed E-state index contributed by atoms with van der Waals surface area (Å²) in [7, 11) is 1.58.